The van der Waals surface area contributed by atoms with Gasteiger partial charge < -0.3 is 10.2 Å². The molecule has 1 aliphatic rings. The molecule has 21 heavy (non-hydrogen) atoms. The summed E-state index contributed by atoms with van der Waals surface area (Å²) in [6.07, 6.45) is 0.994. The van der Waals surface area contributed by atoms with Crippen LogP contribution < -0.4 is 5.32 Å². The number of hydrogen-bond donors (Lipinski definition) is 1. The van der Waals surface area contributed by atoms with Crippen molar-refractivity contribution in [3.8, 4) is 0 Å². The lowest BCUT2D eigenvalue weighted by atomic mass is 9.99. The number of carbonyl (C=O) groups is 1. The molecule has 0 spiro atoms. The maximum absolute atomic E-state index is 12.5. The summed E-state index contributed by atoms with van der Waals surface area (Å²) in [5.74, 6) is 0.177. The van der Waals surface area contributed by atoms with E-state index in [1.165, 1.54) is 5.56 Å². The van der Waals surface area contributed by atoms with Crippen LogP contribution in [0, 0.1) is 0 Å². The predicted molar refractivity (Wildman–Crippen MR) is 89.2 cm³/mol. The Labute approximate surface area is 135 Å². The highest BCUT2D eigenvalue weighted by molar-refractivity contribution is 9.10. The normalized spacial score (nSPS) is 21.0. The van der Waals surface area contributed by atoms with Crippen LogP contribution >= 0.6 is 15.9 Å². The van der Waals surface area contributed by atoms with E-state index in [9.17, 15) is 4.79 Å². The van der Waals surface area contributed by atoms with E-state index in [1.54, 1.807) is 4.90 Å². The number of benzene rings is 1. The zero-order chi connectivity index (χ0) is 15.4. The highest BCUT2D eigenvalue weighted by atomic mass is 79.9. The van der Waals surface area contributed by atoms with Crippen molar-refractivity contribution in [2.24, 2.45) is 0 Å². The van der Waals surface area contributed by atoms with Gasteiger partial charge in [0.05, 0.1) is 0 Å². The first-order valence-electron chi connectivity index (χ1n) is 7.47. The Morgan fingerprint density at radius 3 is 2.90 bits per heavy atom. The molecular weight excluding hydrogens is 330 g/mol. The lowest BCUT2D eigenvalue weighted by Crippen LogP contribution is -2.58. The van der Waals surface area contributed by atoms with E-state index in [4.69, 9.17) is 0 Å². The van der Waals surface area contributed by atoms with Crippen molar-refractivity contribution in [2.45, 2.75) is 25.4 Å². The third-order valence-electron chi connectivity index (χ3n) is 4.03. The SMILES string of the molecule is CCC(c1cccc(Br)c1)N1CCNCC1C(=O)N(C)C. The van der Waals surface area contributed by atoms with E-state index in [0.29, 0.717) is 0 Å². The predicted octanol–water partition coefficient (Wildman–Crippen LogP) is 2.26. The minimum absolute atomic E-state index is 0.0855. The summed E-state index contributed by atoms with van der Waals surface area (Å²) in [5, 5.41) is 3.34. The second kappa shape index (κ2) is 7.38. The summed E-state index contributed by atoms with van der Waals surface area (Å²) >= 11 is 3.54. The summed E-state index contributed by atoms with van der Waals surface area (Å²) in [5.41, 5.74) is 1.27. The molecule has 1 heterocycles. The van der Waals surface area contributed by atoms with Crippen LogP contribution in [0.4, 0.5) is 0 Å². The largest absolute Gasteiger partial charge is 0.347 e. The Balaban J connectivity index is 2.27. The summed E-state index contributed by atoms with van der Waals surface area (Å²) in [6, 6.07) is 8.60. The molecule has 2 unspecified atom stereocenters. The molecule has 2 rings (SSSR count). The summed E-state index contributed by atoms with van der Waals surface area (Å²) in [7, 11) is 3.66. The van der Waals surface area contributed by atoms with Gasteiger partial charge in [-0.2, -0.15) is 0 Å². The number of likely N-dealkylation sites (N-methyl/N-ethyl adjacent to an activating group) is 1. The van der Waals surface area contributed by atoms with Gasteiger partial charge in [0.25, 0.3) is 0 Å². The molecule has 0 bridgehead atoms. The molecule has 1 aliphatic heterocycles. The number of piperazine rings is 1. The first-order chi connectivity index (χ1) is 10.0. The number of carbonyl (C=O) groups excluding carboxylic acids is 1. The Bertz CT molecular complexity index is 492. The fraction of sp³-hybridized carbons (Fsp3) is 0.562. The lowest BCUT2D eigenvalue weighted by molar-refractivity contribution is -0.136. The van der Waals surface area contributed by atoms with E-state index >= 15 is 0 Å². The standard InChI is InChI=1S/C16H24BrN3O/c1-4-14(12-6-5-7-13(17)10-12)20-9-8-18-11-15(20)16(21)19(2)3/h5-7,10,14-15,18H,4,8-9,11H2,1-3H3. The topological polar surface area (TPSA) is 35.6 Å². The molecule has 5 heteroatoms. The lowest BCUT2D eigenvalue weighted by Gasteiger charge is -2.41. The third kappa shape index (κ3) is 3.84. The van der Waals surface area contributed by atoms with Crippen LogP contribution in [0.2, 0.25) is 0 Å². The second-order valence-corrected chi connectivity index (χ2v) is 6.59. The molecule has 0 aliphatic carbocycles. The highest BCUT2D eigenvalue weighted by Gasteiger charge is 2.34. The minimum atomic E-state index is -0.0855. The fourth-order valence-corrected chi connectivity index (χ4v) is 3.41. The third-order valence-corrected chi connectivity index (χ3v) is 4.52. The zero-order valence-electron chi connectivity index (χ0n) is 13.0. The molecule has 116 valence electrons. The average molecular weight is 354 g/mol. The first-order valence-corrected chi connectivity index (χ1v) is 8.27. The van der Waals surface area contributed by atoms with Crippen LogP contribution in [0.3, 0.4) is 0 Å². The van der Waals surface area contributed by atoms with Gasteiger partial charge in [-0.1, -0.05) is 35.0 Å². The molecule has 1 aromatic carbocycles. The van der Waals surface area contributed by atoms with Crippen LogP contribution in [-0.4, -0.2) is 55.5 Å². The number of amides is 1. The molecule has 2 atom stereocenters. The molecule has 0 saturated carbocycles. The van der Waals surface area contributed by atoms with Crippen molar-refractivity contribution in [1.29, 1.82) is 0 Å². The van der Waals surface area contributed by atoms with Crippen molar-refractivity contribution in [3.05, 3.63) is 34.3 Å². The van der Waals surface area contributed by atoms with E-state index in [-0.39, 0.29) is 18.0 Å². The van der Waals surface area contributed by atoms with Gasteiger partial charge in [0.1, 0.15) is 6.04 Å². The summed E-state index contributed by atoms with van der Waals surface area (Å²) in [4.78, 5) is 16.5. The van der Waals surface area contributed by atoms with Crippen molar-refractivity contribution in [2.75, 3.05) is 33.7 Å². The number of nitrogens with zero attached hydrogens (tertiary/aromatic N) is 2. The van der Waals surface area contributed by atoms with Gasteiger partial charge in [0.15, 0.2) is 0 Å². The van der Waals surface area contributed by atoms with Gasteiger partial charge in [0, 0.05) is 44.2 Å². The quantitative estimate of drug-likeness (QED) is 0.901. The van der Waals surface area contributed by atoms with Gasteiger partial charge in [0.2, 0.25) is 5.91 Å². The van der Waals surface area contributed by atoms with Crippen LogP contribution in [0.1, 0.15) is 24.9 Å². The first kappa shape index (κ1) is 16.5. The van der Waals surface area contributed by atoms with Gasteiger partial charge in [-0.15, -0.1) is 0 Å². The smallest absolute Gasteiger partial charge is 0.240 e. The van der Waals surface area contributed by atoms with Crippen molar-refractivity contribution >= 4 is 21.8 Å². The monoisotopic (exact) mass is 353 g/mol. The Kier molecular flexibility index (Phi) is 5.79. The Morgan fingerprint density at radius 1 is 1.52 bits per heavy atom. The van der Waals surface area contributed by atoms with Crippen molar-refractivity contribution < 1.29 is 4.79 Å². The van der Waals surface area contributed by atoms with Crippen LogP contribution in [0.15, 0.2) is 28.7 Å². The molecule has 1 N–H and O–H groups in total. The van der Waals surface area contributed by atoms with E-state index in [1.807, 2.05) is 20.2 Å². The molecule has 1 saturated heterocycles. The molecule has 4 nitrogen and oxygen atoms in total. The maximum Gasteiger partial charge on any atom is 0.240 e. The number of halogens is 1. The maximum atomic E-state index is 12.5. The van der Waals surface area contributed by atoms with E-state index in [0.717, 1.165) is 30.5 Å². The molecule has 1 aromatic rings. The molecule has 1 fully saturated rings. The zero-order valence-corrected chi connectivity index (χ0v) is 14.6. The Morgan fingerprint density at radius 2 is 2.29 bits per heavy atom. The number of hydrogen-bond acceptors (Lipinski definition) is 3. The van der Waals surface area contributed by atoms with Crippen LogP contribution in [0.5, 0.6) is 0 Å². The Hall–Kier alpha value is -0.910. The summed E-state index contributed by atoms with van der Waals surface area (Å²) < 4.78 is 1.09. The number of nitrogens with one attached hydrogen (secondary N) is 1. The summed E-state index contributed by atoms with van der Waals surface area (Å²) in [6.45, 7) is 4.74. The number of rotatable bonds is 4. The average Bonchev–Trinajstić information content (AvgIpc) is 2.48. The van der Waals surface area contributed by atoms with Crippen molar-refractivity contribution in [3.63, 3.8) is 0 Å². The van der Waals surface area contributed by atoms with Crippen LogP contribution in [-0.2, 0) is 4.79 Å². The molecule has 0 radical (unpaired) electrons. The van der Waals surface area contributed by atoms with Crippen molar-refractivity contribution in [1.82, 2.24) is 15.1 Å². The molecule has 1 amide bonds. The van der Waals surface area contributed by atoms with Gasteiger partial charge >= 0.3 is 0 Å². The molecule has 0 aromatic heterocycles. The van der Waals surface area contributed by atoms with Crippen LogP contribution in [0.25, 0.3) is 0 Å². The van der Waals surface area contributed by atoms with Gasteiger partial charge in [-0.3, -0.25) is 9.69 Å². The van der Waals surface area contributed by atoms with E-state index < -0.39 is 0 Å². The van der Waals surface area contributed by atoms with E-state index in [2.05, 4.69) is 51.3 Å². The van der Waals surface area contributed by atoms with Gasteiger partial charge in [-0.25, -0.2) is 0 Å². The fourth-order valence-electron chi connectivity index (χ4n) is 3.00. The minimum Gasteiger partial charge on any atom is -0.347 e. The second-order valence-electron chi connectivity index (χ2n) is 5.67. The highest BCUT2D eigenvalue weighted by Crippen LogP contribution is 2.29. The molecular formula is C16H24BrN3O. The van der Waals surface area contributed by atoms with Gasteiger partial charge in [-0.05, 0) is 24.1 Å².